The molecule has 2 aromatic carbocycles. The minimum Gasteiger partial charge on any atom is -0.457 e. The van der Waals surface area contributed by atoms with Crippen molar-refractivity contribution in [2.45, 2.75) is 23.2 Å². The van der Waals surface area contributed by atoms with Crippen LogP contribution in [0.1, 0.15) is 12.8 Å². The summed E-state index contributed by atoms with van der Waals surface area (Å²) in [4.78, 5) is 11.7. The van der Waals surface area contributed by atoms with Crippen molar-refractivity contribution in [2.24, 2.45) is 0 Å². The van der Waals surface area contributed by atoms with E-state index in [0.717, 1.165) is 34.4 Å². The number of hydrogen-bond acceptors (Lipinski definition) is 7. The van der Waals surface area contributed by atoms with Crippen molar-refractivity contribution in [1.29, 1.82) is 0 Å². The average Bonchev–Trinajstić information content (AvgIpc) is 3.39. The molecular weight excluding hydrogens is 380 g/mol. The van der Waals surface area contributed by atoms with E-state index in [-0.39, 0.29) is 5.91 Å². The monoisotopic (exact) mass is 398 g/mol. The number of ether oxygens (including phenoxy) is 1. The van der Waals surface area contributed by atoms with Crippen molar-refractivity contribution in [3.63, 3.8) is 0 Å². The zero-order valence-corrected chi connectivity index (χ0v) is 16.1. The van der Waals surface area contributed by atoms with E-state index in [2.05, 4.69) is 20.8 Å². The van der Waals surface area contributed by atoms with Crippen LogP contribution in [0, 0.1) is 0 Å². The lowest BCUT2D eigenvalue weighted by molar-refractivity contribution is -0.118. The molecule has 1 aliphatic carbocycles. The summed E-state index contributed by atoms with van der Waals surface area (Å²) in [5.41, 5.74) is 0.898. The zero-order chi connectivity index (χ0) is 18.5. The predicted molar refractivity (Wildman–Crippen MR) is 108 cm³/mol. The van der Waals surface area contributed by atoms with Crippen molar-refractivity contribution in [2.75, 3.05) is 11.1 Å². The SMILES string of the molecule is O=C(CSc1nnc(Nc2ccc(Oc3ccccc3)cc2)s1)NC1CC1. The summed E-state index contributed by atoms with van der Waals surface area (Å²) in [6.45, 7) is 0. The quantitative estimate of drug-likeness (QED) is 0.546. The highest BCUT2D eigenvalue weighted by Crippen LogP contribution is 2.29. The third-order valence-corrected chi connectivity index (χ3v) is 5.73. The lowest BCUT2D eigenvalue weighted by Crippen LogP contribution is -2.26. The predicted octanol–water partition coefficient (Wildman–Crippen LogP) is 4.44. The molecule has 3 aromatic rings. The van der Waals surface area contributed by atoms with E-state index in [1.54, 1.807) is 0 Å². The van der Waals surface area contributed by atoms with Crippen LogP contribution in [0.3, 0.4) is 0 Å². The van der Waals surface area contributed by atoms with Gasteiger partial charge in [-0.25, -0.2) is 0 Å². The molecule has 0 unspecified atom stereocenters. The van der Waals surface area contributed by atoms with Crippen LogP contribution in [0.4, 0.5) is 10.8 Å². The molecule has 0 spiro atoms. The number of benzene rings is 2. The number of rotatable bonds is 8. The average molecular weight is 399 g/mol. The van der Waals surface area contributed by atoms with Crippen molar-refractivity contribution < 1.29 is 9.53 Å². The maximum absolute atomic E-state index is 11.7. The molecule has 1 amide bonds. The van der Waals surface area contributed by atoms with Crippen molar-refractivity contribution in [3.05, 3.63) is 54.6 Å². The summed E-state index contributed by atoms with van der Waals surface area (Å²) in [6.07, 6.45) is 2.19. The minimum absolute atomic E-state index is 0.0567. The number of nitrogens with one attached hydrogen (secondary N) is 2. The Hall–Kier alpha value is -2.58. The van der Waals surface area contributed by atoms with Crippen LogP contribution in [-0.4, -0.2) is 27.9 Å². The van der Waals surface area contributed by atoms with E-state index < -0.39 is 0 Å². The molecule has 138 valence electrons. The second-order valence-electron chi connectivity index (χ2n) is 6.07. The third-order valence-electron chi connectivity index (χ3n) is 3.76. The van der Waals surface area contributed by atoms with Gasteiger partial charge in [-0.15, -0.1) is 10.2 Å². The molecule has 1 aromatic heterocycles. The Morgan fingerprint density at radius 1 is 1.07 bits per heavy atom. The molecule has 2 N–H and O–H groups in total. The number of hydrogen-bond donors (Lipinski definition) is 2. The van der Waals surface area contributed by atoms with Gasteiger partial charge in [-0.3, -0.25) is 4.79 Å². The summed E-state index contributed by atoms with van der Waals surface area (Å²) in [5, 5.41) is 15.1. The van der Waals surface area contributed by atoms with Gasteiger partial charge in [-0.2, -0.15) is 0 Å². The first-order valence-electron chi connectivity index (χ1n) is 8.60. The van der Waals surface area contributed by atoms with E-state index in [4.69, 9.17) is 4.74 Å². The molecule has 0 bridgehead atoms. The molecule has 0 atom stereocenters. The minimum atomic E-state index is 0.0567. The number of para-hydroxylation sites is 1. The van der Waals surface area contributed by atoms with E-state index in [1.165, 1.54) is 23.1 Å². The van der Waals surface area contributed by atoms with Gasteiger partial charge in [0.2, 0.25) is 11.0 Å². The van der Waals surface area contributed by atoms with Crippen LogP contribution in [0.25, 0.3) is 0 Å². The topological polar surface area (TPSA) is 76.1 Å². The summed E-state index contributed by atoms with van der Waals surface area (Å²) in [6, 6.07) is 17.7. The number of nitrogens with zero attached hydrogens (tertiary/aromatic N) is 2. The zero-order valence-electron chi connectivity index (χ0n) is 14.4. The normalized spacial score (nSPS) is 13.2. The summed E-state index contributed by atoms with van der Waals surface area (Å²) in [7, 11) is 0. The Labute approximate surface area is 165 Å². The maximum Gasteiger partial charge on any atom is 0.230 e. The fraction of sp³-hybridized carbons (Fsp3) is 0.211. The van der Waals surface area contributed by atoms with Gasteiger partial charge >= 0.3 is 0 Å². The molecule has 0 aliphatic heterocycles. The molecule has 1 heterocycles. The van der Waals surface area contributed by atoms with Crippen LogP contribution in [0.15, 0.2) is 58.9 Å². The van der Waals surface area contributed by atoms with Gasteiger partial charge in [0.25, 0.3) is 0 Å². The first-order chi connectivity index (χ1) is 13.2. The lowest BCUT2D eigenvalue weighted by Gasteiger charge is -2.06. The molecule has 1 aliphatic rings. The molecule has 4 rings (SSSR count). The van der Waals surface area contributed by atoms with Gasteiger partial charge in [0, 0.05) is 11.7 Å². The van der Waals surface area contributed by atoms with Crippen LogP contribution in [-0.2, 0) is 4.79 Å². The van der Waals surface area contributed by atoms with Crippen LogP contribution in [0.2, 0.25) is 0 Å². The Balaban J connectivity index is 1.28. The van der Waals surface area contributed by atoms with Gasteiger partial charge in [0.1, 0.15) is 11.5 Å². The lowest BCUT2D eigenvalue weighted by atomic mass is 10.3. The molecular formula is C19H18N4O2S2. The highest BCUT2D eigenvalue weighted by molar-refractivity contribution is 8.01. The smallest absolute Gasteiger partial charge is 0.230 e. The van der Waals surface area contributed by atoms with Gasteiger partial charge in [-0.1, -0.05) is 41.3 Å². The van der Waals surface area contributed by atoms with E-state index >= 15 is 0 Å². The van der Waals surface area contributed by atoms with E-state index in [1.807, 2.05) is 54.6 Å². The molecule has 0 radical (unpaired) electrons. The first-order valence-corrected chi connectivity index (χ1v) is 10.4. The summed E-state index contributed by atoms with van der Waals surface area (Å²) in [5.74, 6) is 1.99. The van der Waals surface area contributed by atoms with Crippen molar-refractivity contribution in [1.82, 2.24) is 15.5 Å². The molecule has 27 heavy (non-hydrogen) atoms. The first kappa shape index (κ1) is 17.8. The molecule has 1 fully saturated rings. The van der Waals surface area contributed by atoms with Gasteiger partial charge in [-0.05, 0) is 49.2 Å². The number of amides is 1. The molecule has 6 nitrogen and oxygen atoms in total. The third kappa shape index (κ3) is 5.45. The van der Waals surface area contributed by atoms with Gasteiger partial charge in [0.15, 0.2) is 4.34 Å². The fourth-order valence-corrected chi connectivity index (χ4v) is 3.88. The Morgan fingerprint density at radius 3 is 2.56 bits per heavy atom. The van der Waals surface area contributed by atoms with Crippen LogP contribution < -0.4 is 15.4 Å². The van der Waals surface area contributed by atoms with Gasteiger partial charge < -0.3 is 15.4 Å². The van der Waals surface area contributed by atoms with Gasteiger partial charge in [0.05, 0.1) is 5.75 Å². The molecule has 8 heteroatoms. The second kappa shape index (κ2) is 8.41. The maximum atomic E-state index is 11.7. The highest BCUT2D eigenvalue weighted by Gasteiger charge is 2.23. The summed E-state index contributed by atoms with van der Waals surface area (Å²) >= 11 is 2.84. The number of aromatic nitrogens is 2. The Kier molecular flexibility index (Phi) is 5.55. The van der Waals surface area contributed by atoms with E-state index in [9.17, 15) is 4.79 Å². The highest BCUT2D eigenvalue weighted by atomic mass is 32.2. The number of thioether (sulfide) groups is 1. The molecule has 1 saturated carbocycles. The fourth-order valence-electron chi connectivity index (χ4n) is 2.30. The second-order valence-corrected chi connectivity index (χ2v) is 8.27. The van der Waals surface area contributed by atoms with Crippen molar-refractivity contribution >= 4 is 39.8 Å². The number of anilines is 2. The number of carbonyl (C=O) groups excluding carboxylic acids is 1. The Morgan fingerprint density at radius 2 is 1.81 bits per heavy atom. The summed E-state index contributed by atoms with van der Waals surface area (Å²) < 4.78 is 6.55. The van der Waals surface area contributed by atoms with Crippen LogP contribution >= 0.6 is 23.1 Å². The van der Waals surface area contributed by atoms with Crippen molar-refractivity contribution in [3.8, 4) is 11.5 Å². The van der Waals surface area contributed by atoms with Crippen LogP contribution in [0.5, 0.6) is 11.5 Å². The standard InChI is InChI=1S/C19H18N4O2S2/c24-17(20-13-6-7-13)12-26-19-23-22-18(27-19)21-14-8-10-16(11-9-14)25-15-4-2-1-3-5-15/h1-5,8-11,13H,6-7,12H2,(H,20,24)(H,21,22). The number of carbonyl (C=O) groups is 1. The Bertz CT molecular complexity index is 896. The van der Waals surface area contributed by atoms with E-state index in [0.29, 0.717) is 16.9 Å². The largest absolute Gasteiger partial charge is 0.457 e. The molecule has 0 saturated heterocycles.